The summed E-state index contributed by atoms with van der Waals surface area (Å²) in [5.74, 6) is 0. The standard InChI is InChI=1S/C12H15ClN4S2/c1-17(2)11-15-16-12(19-11)18-10-4-3-8(5-6-14)7-9(10)13/h3-4,7H,5-6,14H2,1-2H3. The molecule has 0 fully saturated rings. The molecule has 0 aliphatic heterocycles. The zero-order valence-electron chi connectivity index (χ0n) is 10.8. The smallest absolute Gasteiger partial charge is 0.208 e. The number of rotatable bonds is 5. The molecular formula is C12H15ClN4S2. The molecule has 0 spiro atoms. The van der Waals surface area contributed by atoms with Crippen LogP contribution >= 0.6 is 34.7 Å². The van der Waals surface area contributed by atoms with Gasteiger partial charge in [-0.1, -0.05) is 40.8 Å². The molecule has 0 saturated carbocycles. The van der Waals surface area contributed by atoms with Gasteiger partial charge in [0.1, 0.15) is 0 Å². The van der Waals surface area contributed by atoms with Crippen LogP contribution in [0.5, 0.6) is 0 Å². The van der Waals surface area contributed by atoms with E-state index in [4.69, 9.17) is 17.3 Å². The van der Waals surface area contributed by atoms with Crippen molar-refractivity contribution in [2.75, 3.05) is 25.5 Å². The van der Waals surface area contributed by atoms with Crippen LogP contribution in [0.4, 0.5) is 5.13 Å². The van der Waals surface area contributed by atoms with Crippen LogP contribution in [-0.2, 0) is 6.42 Å². The zero-order valence-corrected chi connectivity index (χ0v) is 13.1. The molecule has 2 aromatic rings. The Bertz CT molecular complexity index is 556. The van der Waals surface area contributed by atoms with E-state index in [1.165, 1.54) is 11.8 Å². The summed E-state index contributed by atoms with van der Waals surface area (Å²) in [6.45, 7) is 0.630. The quantitative estimate of drug-likeness (QED) is 0.919. The highest BCUT2D eigenvalue weighted by atomic mass is 35.5. The first-order valence-electron chi connectivity index (χ1n) is 5.77. The van der Waals surface area contributed by atoms with Gasteiger partial charge < -0.3 is 10.6 Å². The van der Waals surface area contributed by atoms with Crippen molar-refractivity contribution in [2.45, 2.75) is 15.7 Å². The number of nitrogens with two attached hydrogens (primary N) is 1. The zero-order chi connectivity index (χ0) is 13.8. The van der Waals surface area contributed by atoms with Crippen LogP contribution in [0.2, 0.25) is 5.02 Å². The monoisotopic (exact) mass is 314 g/mol. The van der Waals surface area contributed by atoms with Crippen LogP contribution in [0.25, 0.3) is 0 Å². The minimum Gasteiger partial charge on any atom is -0.353 e. The molecule has 1 heterocycles. The Kier molecular flexibility index (Phi) is 5.04. The second kappa shape index (κ2) is 6.56. The van der Waals surface area contributed by atoms with E-state index in [0.717, 1.165) is 31.4 Å². The summed E-state index contributed by atoms with van der Waals surface area (Å²) in [4.78, 5) is 2.93. The Morgan fingerprint density at radius 2 is 2.16 bits per heavy atom. The van der Waals surface area contributed by atoms with E-state index >= 15 is 0 Å². The van der Waals surface area contributed by atoms with E-state index in [0.29, 0.717) is 6.54 Å². The largest absolute Gasteiger partial charge is 0.353 e. The fourth-order valence-electron chi connectivity index (χ4n) is 1.47. The third-order valence-electron chi connectivity index (χ3n) is 2.40. The fraction of sp³-hybridized carbons (Fsp3) is 0.333. The second-order valence-corrected chi connectivity index (χ2v) is 6.80. The third kappa shape index (κ3) is 3.82. The van der Waals surface area contributed by atoms with Crippen LogP contribution in [0.3, 0.4) is 0 Å². The van der Waals surface area contributed by atoms with Crippen molar-refractivity contribution in [3.63, 3.8) is 0 Å². The highest BCUT2D eigenvalue weighted by Crippen LogP contribution is 2.36. The van der Waals surface area contributed by atoms with Crippen molar-refractivity contribution in [1.29, 1.82) is 0 Å². The molecule has 7 heteroatoms. The second-order valence-electron chi connectivity index (χ2n) is 4.15. The van der Waals surface area contributed by atoms with Gasteiger partial charge in [-0.05, 0) is 30.7 Å². The van der Waals surface area contributed by atoms with Crippen LogP contribution in [0.1, 0.15) is 5.56 Å². The van der Waals surface area contributed by atoms with Crippen LogP contribution in [-0.4, -0.2) is 30.8 Å². The van der Waals surface area contributed by atoms with Gasteiger partial charge in [0.25, 0.3) is 0 Å². The molecule has 0 bridgehead atoms. The van der Waals surface area contributed by atoms with Gasteiger partial charge in [0.2, 0.25) is 5.13 Å². The molecule has 19 heavy (non-hydrogen) atoms. The van der Waals surface area contributed by atoms with Gasteiger partial charge in [-0.2, -0.15) is 0 Å². The third-order valence-corrected chi connectivity index (χ3v) is 5.05. The Hall–Kier alpha value is -0.820. The lowest BCUT2D eigenvalue weighted by molar-refractivity contribution is 0.965. The topological polar surface area (TPSA) is 55.0 Å². The van der Waals surface area contributed by atoms with Gasteiger partial charge in [-0.25, -0.2) is 0 Å². The van der Waals surface area contributed by atoms with Crippen molar-refractivity contribution >= 4 is 39.8 Å². The normalized spacial score (nSPS) is 10.7. The molecule has 0 atom stereocenters. The van der Waals surface area contributed by atoms with E-state index < -0.39 is 0 Å². The highest BCUT2D eigenvalue weighted by molar-refractivity contribution is 8.01. The number of halogens is 1. The summed E-state index contributed by atoms with van der Waals surface area (Å²) in [6, 6.07) is 6.02. The van der Waals surface area contributed by atoms with Crippen LogP contribution in [0.15, 0.2) is 27.4 Å². The van der Waals surface area contributed by atoms with Crippen molar-refractivity contribution in [3.8, 4) is 0 Å². The lowest BCUT2D eigenvalue weighted by Gasteiger charge is -2.05. The highest BCUT2D eigenvalue weighted by Gasteiger charge is 2.10. The predicted octanol–water partition coefficient (Wildman–Crippen LogP) is 2.91. The van der Waals surface area contributed by atoms with Crippen molar-refractivity contribution in [3.05, 3.63) is 28.8 Å². The molecule has 0 aliphatic carbocycles. The lowest BCUT2D eigenvalue weighted by atomic mass is 10.1. The molecule has 4 nitrogen and oxygen atoms in total. The number of aromatic nitrogens is 2. The van der Waals surface area contributed by atoms with Gasteiger partial charge >= 0.3 is 0 Å². The summed E-state index contributed by atoms with van der Waals surface area (Å²) in [7, 11) is 3.90. The first-order chi connectivity index (χ1) is 9.10. The number of hydrogen-bond acceptors (Lipinski definition) is 6. The number of nitrogens with zero attached hydrogens (tertiary/aromatic N) is 3. The molecule has 1 aromatic carbocycles. The van der Waals surface area contributed by atoms with Gasteiger partial charge in [-0.3, -0.25) is 0 Å². The SMILES string of the molecule is CN(C)c1nnc(Sc2ccc(CCN)cc2Cl)s1. The first-order valence-corrected chi connectivity index (χ1v) is 7.78. The average molecular weight is 315 g/mol. The van der Waals surface area contributed by atoms with Crippen molar-refractivity contribution in [1.82, 2.24) is 10.2 Å². The van der Waals surface area contributed by atoms with Crippen molar-refractivity contribution in [2.24, 2.45) is 5.73 Å². The van der Waals surface area contributed by atoms with E-state index in [9.17, 15) is 0 Å². The number of anilines is 1. The summed E-state index contributed by atoms with van der Waals surface area (Å²) >= 11 is 9.35. The summed E-state index contributed by atoms with van der Waals surface area (Å²) in [6.07, 6.45) is 0.842. The van der Waals surface area contributed by atoms with E-state index in [2.05, 4.69) is 16.3 Å². The molecule has 102 valence electrons. The minimum atomic E-state index is 0.630. The maximum Gasteiger partial charge on any atom is 0.208 e. The molecule has 2 rings (SSSR count). The van der Waals surface area contributed by atoms with E-state index in [1.54, 1.807) is 11.3 Å². The number of benzene rings is 1. The Labute approximate surface area is 126 Å². The molecule has 0 aliphatic rings. The fourth-order valence-corrected chi connectivity index (χ4v) is 3.51. The van der Waals surface area contributed by atoms with Gasteiger partial charge in [0.05, 0.1) is 5.02 Å². The van der Waals surface area contributed by atoms with Crippen molar-refractivity contribution < 1.29 is 0 Å². The van der Waals surface area contributed by atoms with Gasteiger partial charge in [0, 0.05) is 19.0 Å². The molecule has 0 amide bonds. The summed E-state index contributed by atoms with van der Waals surface area (Å²) < 4.78 is 0.886. The molecule has 1 aromatic heterocycles. The van der Waals surface area contributed by atoms with Gasteiger partial charge in [-0.15, -0.1) is 10.2 Å². The molecule has 0 saturated heterocycles. The predicted molar refractivity (Wildman–Crippen MR) is 82.6 cm³/mol. The van der Waals surface area contributed by atoms with E-state index in [1.807, 2.05) is 31.1 Å². The molecule has 0 unspecified atom stereocenters. The Morgan fingerprint density at radius 3 is 2.74 bits per heavy atom. The van der Waals surface area contributed by atoms with Gasteiger partial charge in [0.15, 0.2) is 4.34 Å². The van der Waals surface area contributed by atoms with E-state index in [-0.39, 0.29) is 0 Å². The maximum absolute atomic E-state index is 6.27. The molecule has 2 N–H and O–H groups in total. The molecule has 0 radical (unpaired) electrons. The molecular weight excluding hydrogens is 300 g/mol. The minimum absolute atomic E-state index is 0.630. The average Bonchev–Trinajstić information content (AvgIpc) is 2.82. The maximum atomic E-state index is 6.27. The van der Waals surface area contributed by atoms with Crippen LogP contribution < -0.4 is 10.6 Å². The van der Waals surface area contributed by atoms with Crippen LogP contribution in [0, 0.1) is 0 Å². The lowest BCUT2D eigenvalue weighted by Crippen LogP contribution is -2.07. The summed E-state index contributed by atoms with van der Waals surface area (Å²) in [5.41, 5.74) is 6.69. The summed E-state index contributed by atoms with van der Waals surface area (Å²) in [5, 5.41) is 9.87. The Balaban J connectivity index is 2.13. The number of hydrogen-bond donors (Lipinski definition) is 1. The Morgan fingerprint density at radius 1 is 1.37 bits per heavy atom. The first kappa shape index (κ1) is 14.6.